The normalized spacial score (nSPS) is 12.2. The Morgan fingerprint density at radius 2 is 1.75 bits per heavy atom. The number of nitrogens with one attached hydrogen (secondary N) is 2. The average molecular weight is 413 g/mol. The van der Waals surface area contributed by atoms with Gasteiger partial charge in [-0.05, 0) is 61.0 Å². The van der Waals surface area contributed by atoms with Gasteiger partial charge in [-0.25, -0.2) is 0 Å². The zero-order chi connectivity index (χ0) is 19.8. The van der Waals surface area contributed by atoms with Gasteiger partial charge >= 0.3 is 0 Å². The summed E-state index contributed by atoms with van der Waals surface area (Å²) in [5, 5.41) is 6.24. The van der Waals surface area contributed by atoms with Crippen molar-refractivity contribution in [2.24, 2.45) is 0 Å². The zero-order valence-corrected chi connectivity index (χ0v) is 16.2. The Balaban J connectivity index is 1.62. The van der Waals surface area contributed by atoms with Gasteiger partial charge in [0, 0.05) is 11.3 Å². The highest BCUT2D eigenvalue weighted by Gasteiger charge is 2.21. The lowest BCUT2D eigenvalue weighted by Gasteiger charge is -2.10. The SMILES string of the molecule is Cc1ccc2c(c1)NC(=O)c1cc(NC(=O)c3ccc(Cl)c(Cl)c3)ccc1O2. The van der Waals surface area contributed by atoms with E-state index in [1.165, 1.54) is 6.07 Å². The maximum atomic E-state index is 12.6. The monoisotopic (exact) mass is 412 g/mol. The number of hydrogen-bond donors (Lipinski definition) is 2. The number of carbonyl (C=O) groups is 2. The third-order valence-electron chi connectivity index (χ3n) is 4.27. The van der Waals surface area contributed by atoms with Crippen molar-refractivity contribution >= 4 is 46.4 Å². The molecule has 0 aromatic heterocycles. The second kappa shape index (κ2) is 7.19. The summed E-state index contributed by atoms with van der Waals surface area (Å²) in [5.41, 5.74) is 2.73. The van der Waals surface area contributed by atoms with Gasteiger partial charge in [0.05, 0.1) is 21.3 Å². The maximum absolute atomic E-state index is 12.6. The number of anilines is 2. The van der Waals surface area contributed by atoms with Gasteiger partial charge in [0.2, 0.25) is 0 Å². The lowest BCUT2D eigenvalue weighted by molar-refractivity contribution is 0.101. The van der Waals surface area contributed by atoms with Crippen LogP contribution in [-0.2, 0) is 0 Å². The summed E-state index contributed by atoms with van der Waals surface area (Å²) in [7, 11) is 0. The number of halogens is 2. The number of aryl methyl sites for hydroxylation is 1. The fourth-order valence-electron chi connectivity index (χ4n) is 2.85. The summed E-state index contributed by atoms with van der Waals surface area (Å²) in [6.45, 7) is 1.93. The molecule has 0 atom stereocenters. The highest BCUT2D eigenvalue weighted by atomic mass is 35.5. The lowest BCUT2D eigenvalue weighted by atomic mass is 10.1. The van der Waals surface area contributed by atoms with Gasteiger partial charge in [0.1, 0.15) is 5.75 Å². The molecule has 0 saturated heterocycles. The molecule has 0 bridgehead atoms. The van der Waals surface area contributed by atoms with Crippen molar-refractivity contribution in [2.75, 3.05) is 10.6 Å². The number of ether oxygens (including phenoxy) is 1. The van der Waals surface area contributed by atoms with E-state index in [1.807, 2.05) is 19.1 Å². The van der Waals surface area contributed by atoms with Gasteiger partial charge in [-0.3, -0.25) is 9.59 Å². The molecule has 7 heteroatoms. The quantitative estimate of drug-likeness (QED) is 0.549. The molecule has 0 unspecified atom stereocenters. The molecular formula is C21H14Cl2N2O3. The van der Waals surface area contributed by atoms with Crippen molar-refractivity contribution in [3.8, 4) is 11.5 Å². The van der Waals surface area contributed by atoms with Crippen LogP contribution in [0.25, 0.3) is 0 Å². The van der Waals surface area contributed by atoms with E-state index in [0.29, 0.717) is 39.0 Å². The third kappa shape index (κ3) is 3.54. The van der Waals surface area contributed by atoms with Gasteiger partial charge in [0.15, 0.2) is 5.75 Å². The molecule has 2 N–H and O–H groups in total. The first kappa shape index (κ1) is 18.3. The van der Waals surface area contributed by atoms with Crippen LogP contribution in [0.5, 0.6) is 11.5 Å². The Hall–Kier alpha value is -3.02. The van der Waals surface area contributed by atoms with Crippen molar-refractivity contribution in [1.82, 2.24) is 0 Å². The van der Waals surface area contributed by atoms with E-state index in [9.17, 15) is 9.59 Å². The van der Waals surface area contributed by atoms with Crippen LogP contribution in [-0.4, -0.2) is 11.8 Å². The summed E-state index contributed by atoms with van der Waals surface area (Å²) in [5.74, 6) is 0.287. The van der Waals surface area contributed by atoms with E-state index in [4.69, 9.17) is 27.9 Å². The Labute approximate surface area is 171 Å². The van der Waals surface area contributed by atoms with E-state index >= 15 is 0 Å². The predicted octanol–water partition coefficient (Wildman–Crippen LogP) is 5.91. The molecule has 4 rings (SSSR count). The number of carbonyl (C=O) groups excluding carboxylic acids is 2. The first-order valence-corrected chi connectivity index (χ1v) is 9.16. The summed E-state index contributed by atoms with van der Waals surface area (Å²) < 4.78 is 5.87. The van der Waals surface area contributed by atoms with Gasteiger partial charge in [-0.15, -0.1) is 0 Å². The minimum absolute atomic E-state index is 0.289. The minimum Gasteiger partial charge on any atom is -0.454 e. The minimum atomic E-state index is -0.368. The Bertz CT molecular complexity index is 1130. The van der Waals surface area contributed by atoms with Crippen LogP contribution in [0.3, 0.4) is 0 Å². The largest absolute Gasteiger partial charge is 0.454 e. The first-order chi connectivity index (χ1) is 13.4. The molecule has 0 spiro atoms. The lowest BCUT2D eigenvalue weighted by Crippen LogP contribution is -2.14. The fourth-order valence-corrected chi connectivity index (χ4v) is 3.15. The molecule has 0 saturated carbocycles. The Morgan fingerprint density at radius 3 is 2.54 bits per heavy atom. The van der Waals surface area contributed by atoms with Crippen molar-refractivity contribution in [3.63, 3.8) is 0 Å². The molecule has 0 radical (unpaired) electrons. The van der Waals surface area contributed by atoms with Gasteiger partial charge in [-0.2, -0.15) is 0 Å². The standard InChI is InChI=1S/C21H14Cl2N2O3/c1-11-2-6-19-17(8-11)25-21(27)14-10-13(4-7-18(14)28-19)24-20(26)12-3-5-15(22)16(23)9-12/h2-10H,1H3,(H,24,26)(H,25,27). The number of fused-ring (bicyclic) bond motifs is 2. The van der Waals surface area contributed by atoms with E-state index in [0.717, 1.165) is 5.56 Å². The van der Waals surface area contributed by atoms with Crippen LogP contribution < -0.4 is 15.4 Å². The van der Waals surface area contributed by atoms with E-state index < -0.39 is 0 Å². The summed E-state index contributed by atoms with van der Waals surface area (Å²) in [6.07, 6.45) is 0. The molecule has 140 valence electrons. The van der Waals surface area contributed by atoms with Crippen LogP contribution in [0.2, 0.25) is 10.0 Å². The number of rotatable bonds is 2. The smallest absolute Gasteiger partial charge is 0.259 e. The van der Waals surface area contributed by atoms with E-state index in [-0.39, 0.29) is 16.8 Å². The van der Waals surface area contributed by atoms with Crippen molar-refractivity contribution in [3.05, 3.63) is 81.3 Å². The molecule has 1 heterocycles. The second-order valence-electron chi connectivity index (χ2n) is 6.35. The van der Waals surface area contributed by atoms with Gasteiger partial charge < -0.3 is 15.4 Å². The van der Waals surface area contributed by atoms with Crippen molar-refractivity contribution < 1.29 is 14.3 Å². The molecule has 3 aromatic rings. The first-order valence-electron chi connectivity index (χ1n) is 8.41. The van der Waals surface area contributed by atoms with Crippen LogP contribution in [0, 0.1) is 6.92 Å². The molecule has 1 aliphatic rings. The molecule has 1 aliphatic heterocycles. The van der Waals surface area contributed by atoms with Crippen molar-refractivity contribution in [1.29, 1.82) is 0 Å². The molecule has 28 heavy (non-hydrogen) atoms. The van der Waals surface area contributed by atoms with E-state index in [2.05, 4.69) is 10.6 Å². The summed E-state index contributed by atoms with van der Waals surface area (Å²) in [4.78, 5) is 25.1. The highest BCUT2D eigenvalue weighted by Crippen LogP contribution is 2.37. The number of hydrogen-bond acceptors (Lipinski definition) is 3. The highest BCUT2D eigenvalue weighted by molar-refractivity contribution is 6.42. The Morgan fingerprint density at radius 1 is 0.964 bits per heavy atom. The van der Waals surface area contributed by atoms with Gasteiger partial charge in [-0.1, -0.05) is 29.3 Å². The van der Waals surface area contributed by atoms with Crippen LogP contribution in [0.4, 0.5) is 11.4 Å². The van der Waals surface area contributed by atoms with Crippen LogP contribution in [0.1, 0.15) is 26.3 Å². The number of amides is 2. The topological polar surface area (TPSA) is 67.4 Å². The van der Waals surface area contributed by atoms with Gasteiger partial charge in [0.25, 0.3) is 11.8 Å². The predicted molar refractivity (Wildman–Crippen MR) is 110 cm³/mol. The average Bonchev–Trinajstić information content (AvgIpc) is 2.79. The molecular weight excluding hydrogens is 399 g/mol. The number of benzene rings is 3. The van der Waals surface area contributed by atoms with Crippen LogP contribution >= 0.6 is 23.2 Å². The summed E-state index contributed by atoms with van der Waals surface area (Å²) in [6, 6.07) is 15.0. The fraction of sp³-hybridized carbons (Fsp3) is 0.0476. The molecule has 3 aromatic carbocycles. The molecule has 0 aliphatic carbocycles. The molecule has 5 nitrogen and oxygen atoms in total. The van der Waals surface area contributed by atoms with E-state index in [1.54, 1.807) is 36.4 Å². The zero-order valence-electron chi connectivity index (χ0n) is 14.7. The third-order valence-corrected chi connectivity index (χ3v) is 5.01. The molecule has 2 amide bonds. The maximum Gasteiger partial charge on any atom is 0.259 e. The van der Waals surface area contributed by atoms with Crippen molar-refractivity contribution in [2.45, 2.75) is 6.92 Å². The Kier molecular flexibility index (Phi) is 4.71. The second-order valence-corrected chi connectivity index (χ2v) is 7.16. The molecule has 0 fully saturated rings. The van der Waals surface area contributed by atoms with Crippen LogP contribution in [0.15, 0.2) is 54.6 Å². The summed E-state index contributed by atoms with van der Waals surface area (Å²) >= 11 is 11.8.